The fourth-order valence-corrected chi connectivity index (χ4v) is 4.87. The third-order valence-corrected chi connectivity index (χ3v) is 7.18. The molecule has 2 heterocycles. The highest BCUT2D eigenvalue weighted by Crippen LogP contribution is 2.15. The van der Waals surface area contributed by atoms with Gasteiger partial charge in [0.1, 0.15) is 12.4 Å². The Labute approximate surface area is 157 Å². The largest absolute Gasteiger partial charge is 0.492 e. The predicted molar refractivity (Wildman–Crippen MR) is 103 cm³/mol. The number of benzene rings is 1. The molecule has 0 aliphatic carbocycles. The van der Waals surface area contributed by atoms with Crippen molar-refractivity contribution < 1.29 is 13.2 Å². The van der Waals surface area contributed by atoms with Gasteiger partial charge in [-0.1, -0.05) is 17.7 Å². The van der Waals surface area contributed by atoms with Crippen molar-refractivity contribution in [1.29, 1.82) is 0 Å². The van der Waals surface area contributed by atoms with E-state index in [1.807, 2.05) is 31.3 Å². The molecule has 26 heavy (non-hydrogen) atoms. The first-order chi connectivity index (χ1) is 12.4. The number of rotatable bonds is 6. The minimum atomic E-state index is -3.32. The first-order valence-corrected chi connectivity index (χ1v) is 10.7. The van der Waals surface area contributed by atoms with E-state index in [0.717, 1.165) is 38.5 Å². The molecule has 2 saturated heterocycles. The van der Waals surface area contributed by atoms with Crippen LogP contribution in [-0.2, 0) is 10.2 Å². The van der Waals surface area contributed by atoms with Crippen molar-refractivity contribution in [2.24, 2.45) is 0 Å². The molecular weight excluding hydrogens is 352 g/mol. The Morgan fingerprint density at radius 3 is 2.00 bits per heavy atom. The van der Waals surface area contributed by atoms with Crippen LogP contribution in [0, 0.1) is 6.92 Å². The van der Waals surface area contributed by atoms with E-state index in [1.165, 1.54) is 5.56 Å². The standard InChI is InChI=1S/C18H30N4O3S/c1-17-3-5-18(6-4-17)25-16-15-20-9-13-22(14-10-20)26(23,24)21-11-7-19(2)8-12-21/h3-6H,7-16H2,1-2H3. The maximum absolute atomic E-state index is 12.8. The van der Waals surface area contributed by atoms with Gasteiger partial charge in [-0.25, -0.2) is 0 Å². The molecule has 2 aliphatic heterocycles. The highest BCUT2D eigenvalue weighted by atomic mass is 32.2. The summed E-state index contributed by atoms with van der Waals surface area (Å²) in [6, 6.07) is 8.04. The number of ether oxygens (including phenoxy) is 1. The number of hydrogen-bond acceptors (Lipinski definition) is 5. The summed E-state index contributed by atoms with van der Waals surface area (Å²) in [7, 11) is -1.29. The van der Waals surface area contributed by atoms with E-state index in [1.54, 1.807) is 8.61 Å². The fourth-order valence-electron chi connectivity index (χ4n) is 3.29. The molecular formula is C18H30N4O3S. The van der Waals surface area contributed by atoms with Crippen LogP contribution in [0.5, 0.6) is 5.75 Å². The zero-order valence-corrected chi connectivity index (χ0v) is 16.6. The summed E-state index contributed by atoms with van der Waals surface area (Å²) >= 11 is 0. The third-order valence-electron chi connectivity index (χ3n) is 5.14. The van der Waals surface area contributed by atoms with Gasteiger partial charge in [-0.05, 0) is 26.1 Å². The Bertz CT molecular complexity index is 664. The maximum atomic E-state index is 12.8. The quantitative estimate of drug-likeness (QED) is 0.717. The van der Waals surface area contributed by atoms with Crippen LogP contribution in [0.25, 0.3) is 0 Å². The van der Waals surface area contributed by atoms with Crippen LogP contribution >= 0.6 is 0 Å². The molecule has 0 saturated carbocycles. The lowest BCUT2D eigenvalue weighted by Gasteiger charge is -2.39. The van der Waals surface area contributed by atoms with Crippen molar-refractivity contribution in [3.8, 4) is 5.75 Å². The first kappa shape index (κ1) is 19.6. The smallest absolute Gasteiger partial charge is 0.282 e. The summed E-state index contributed by atoms with van der Waals surface area (Å²) in [6.07, 6.45) is 0. The van der Waals surface area contributed by atoms with Gasteiger partial charge in [-0.2, -0.15) is 17.0 Å². The Hall–Kier alpha value is -1.19. The van der Waals surface area contributed by atoms with Gasteiger partial charge in [0.15, 0.2) is 0 Å². The Balaban J connectivity index is 1.41. The fraction of sp³-hybridized carbons (Fsp3) is 0.667. The molecule has 8 heteroatoms. The number of nitrogens with zero attached hydrogens (tertiary/aromatic N) is 4. The van der Waals surface area contributed by atoms with Gasteiger partial charge in [0, 0.05) is 58.9 Å². The van der Waals surface area contributed by atoms with Crippen LogP contribution in [-0.4, -0.2) is 99.4 Å². The van der Waals surface area contributed by atoms with E-state index in [-0.39, 0.29) is 0 Å². The zero-order chi connectivity index (χ0) is 18.6. The molecule has 1 aromatic rings. The molecule has 0 aromatic heterocycles. The van der Waals surface area contributed by atoms with Gasteiger partial charge in [-0.3, -0.25) is 4.90 Å². The van der Waals surface area contributed by atoms with E-state index < -0.39 is 10.2 Å². The monoisotopic (exact) mass is 382 g/mol. The molecule has 0 unspecified atom stereocenters. The zero-order valence-electron chi connectivity index (χ0n) is 15.8. The summed E-state index contributed by atoms with van der Waals surface area (Å²) in [5.74, 6) is 0.881. The van der Waals surface area contributed by atoms with Crippen molar-refractivity contribution in [2.45, 2.75) is 6.92 Å². The highest BCUT2D eigenvalue weighted by Gasteiger charge is 2.33. The van der Waals surface area contributed by atoms with Crippen molar-refractivity contribution in [3.63, 3.8) is 0 Å². The predicted octanol–water partition coefficient (Wildman–Crippen LogP) is 0.484. The Kier molecular flexibility index (Phi) is 6.52. The SMILES string of the molecule is Cc1ccc(OCCN2CCN(S(=O)(=O)N3CCN(C)CC3)CC2)cc1. The van der Waals surface area contributed by atoms with Gasteiger partial charge in [0.25, 0.3) is 10.2 Å². The molecule has 2 fully saturated rings. The average molecular weight is 383 g/mol. The normalized spacial score (nSPS) is 21.8. The lowest BCUT2D eigenvalue weighted by molar-refractivity contribution is 0.149. The molecule has 0 radical (unpaired) electrons. The second-order valence-corrected chi connectivity index (χ2v) is 9.04. The third kappa shape index (κ3) is 4.95. The van der Waals surface area contributed by atoms with Crippen molar-refractivity contribution in [3.05, 3.63) is 29.8 Å². The van der Waals surface area contributed by atoms with E-state index in [9.17, 15) is 8.42 Å². The van der Waals surface area contributed by atoms with E-state index in [2.05, 4.69) is 16.7 Å². The summed E-state index contributed by atoms with van der Waals surface area (Å²) in [4.78, 5) is 4.43. The van der Waals surface area contributed by atoms with Gasteiger partial charge >= 0.3 is 0 Å². The van der Waals surface area contributed by atoms with Crippen molar-refractivity contribution >= 4 is 10.2 Å². The topological polar surface area (TPSA) is 56.3 Å². The molecule has 3 rings (SSSR count). The average Bonchev–Trinajstić information content (AvgIpc) is 2.64. The first-order valence-electron chi connectivity index (χ1n) is 9.31. The molecule has 0 atom stereocenters. The van der Waals surface area contributed by atoms with Gasteiger partial charge < -0.3 is 9.64 Å². The second-order valence-electron chi connectivity index (χ2n) is 7.11. The lowest BCUT2D eigenvalue weighted by Crippen LogP contribution is -2.56. The van der Waals surface area contributed by atoms with E-state index >= 15 is 0 Å². The van der Waals surface area contributed by atoms with Crippen LogP contribution in [0.3, 0.4) is 0 Å². The van der Waals surface area contributed by atoms with Crippen LogP contribution in [0.2, 0.25) is 0 Å². The summed E-state index contributed by atoms with van der Waals surface area (Å²) in [5, 5.41) is 0. The Morgan fingerprint density at radius 2 is 1.42 bits per heavy atom. The molecule has 2 aliphatic rings. The summed E-state index contributed by atoms with van der Waals surface area (Å²) in [6.45, 7) is 8.88. The highest BCUT2D eigenvalue weighted by molar-refractivity contribution is 7.86. The number of aryl methyl sites for hydroxylation is 1. The summed E-state index contributed by atoms with van der Waals surface area (Å²) in [5.41, 5.74) is 1.22. The molecule has 1 aromatic carbocycles. The molecule has 0 amide bonds. The minimum absolute atomic E-state index is 0.555. The van der Waals surface area contributed by atoms with Gasteiger partial charge in [0.05, 0.1) is 0 Å². The number of hydrogen-bond donors (Lipinski definition) is 0. The molecule has 0 spiro atoms. The van der Waals surface area contributed by atoms with E-state index in [4.69, 9.17) is 4.74 Å². The molecule has 7 nitrogen and oxygen atoms in total. The lowest BCUT2D eigenvalue weighted by atomic mass is 10.2. The number of piperazine rings is 2. The van der Waals surface area contributed by atoms with Crippen LogP contribution in [0.4, 0.5) is 0 Å². The van der Waals surface area contributed by atoms with Gasteiger partial charge in [0.2, 0.25) is 0 Å². The van der Waals surface area contributed by atoms with Crippen LogP contribution in [0.1, 0.15) is 5.56 Å². The molecule has 0 N–H and O–H groups in total. The van der Waals surface area contributed by atoms with Gasteiger partial charge in [-0.15, -0.1) is 0 Å². The second kappa shape index (κ2) is 8.67. The Morgan fingerprint density at radius 1 is 0.885 bits per heavy atom. The van der Waals surface area contributed by atoms with Crippen LogP contribution < -0.4 is 4.74 Å². The summed E-state index contributed by atoms with van der Waals surface area (Å²) < 4.78 is 34.6. The molecule has 0 bridgehead atoms. The number of likely N-dealkylation sites (N-methyl/N-ethyl adjacent to an activating group) is 1. The minimum Gasteiger partial charge on any atom is -0.492 e. The van der Waals surface area contributed by atoms with Crippen molar-refractivity contribution in [1.82, 2.24) is 18.4 Å². The van der Waals surface area contributed by atoms with E-state index in [0.29, 0.717) is 32.8 Å². The molecule has 146 valence electrons. The van der Waals surface area contributed by atoms with Crippen molar-refractivity contribution in [2.75, 3.05) is 72.6 Å². The maximum Gasteiger partial charge on any atom is 0.282 e. The van der Waals surface area contributed by atoms with Crippen LogP contribution in [0.15, 0.2) is 24.3 Å².